The Bertz CT molecular complexity index is 398. The Kier molecular flexibility index (Phi) is 7.36. The van der Waals surface area contributed by atoms with Gasteiger partial charge in [-0.05, 0) is 30.9 Å². The minimum Gasteiger partial charge on any atom is -0.492 e. The number of carbonyl (C=O) groups is 1. The lowest BCUT2D eigenvalue weighted by molar-refractivity contribution is 0.0696. The molecule has 0 aliphatic carbocycles. The average molecular weight is 283 g/mol. The molecule has 1 aromatic carbocycles. The normalized spacial score (nSPS) is 12.1. The maximum absolute atomic E-state index is 10.8. The zero-order chi connectivity index (χ0) is 14.1. The van der Waals surface area contributed by atoms with Crippen molar-refractivity contribution in [2.24, 2.45) is 0 Å². The third-order valence-electron chi connectivity index (χ3n) is 2.52. The van der Waals surface area contributed by atoms with Crippen LogP contribution in [0.4, 0.5) is 0 Å². The first-order valence-corrected chi connectivity index (χ1v) is 7.56. The maximum atomic E-state index is 10.8. The summed E-state index contributed by atoms with van der Waals surface area (Å²) in [5, 5.41) is 12.2. The third-order valence-corrected chi connectivity index (χ3v) is 3.66. The van der Waals surface area contributed by atoms with Crippen molar-refractivity contribution in [2.75, 3.05) is 24.7 Å². The minimum absolute atomic E-state index is 0.248. The van der Waals surface area contributed by atoms with Crippen LogP contribution in [0.5, 0.6) is 5.75 Å². The van der Waals surface area contributed by atoms with E-state index in [1.165, 1.54) is 0 Å². The summed E-state index contributed by atoms with van der Waals surface area (Å²) in [5.74, 6) is 1.88. The fraction of sp³-hybridized carbons (Fsp3) is 0.500. The molecule has 0 aliphatic rings. The van der Waals surface area contributed by atoms with Crippen LogP contribution in [0.3, 0.4) is 0 Å². The van der Waals surface area contributed by atoms with Crippen molar-refractivity contribution in [3.8, 4) is 5.75 Å². The molecule has 1 unspecified atom stereocenters. The summed E-state index contributed by atoms with van der Waals surface area (Å²) >= 11 is 1.91. The highest BCUT2D eigenvalue weighted by Crippen LogP contribution is 2.13. The van der Waals surface area contributed by atoms with Gasteiger partial charge in [0.15, 0.2) is 0 Å². The first-order valence-electron chi connectivity index (χ1n) is 6.40. The van der Waals surface area contributed by atoms with E-state index in [1.807, 2.05) is 11.8 Å². The van der Waals surface area contributed by atoms with Crippen molar-refractivity contribution in [3.05, 3.63) is 29.8 Å². The van der Waals surface area contributed by atoms with Crippen molar-refractivity contribution >= 4 is 17.7 Å². The zero-order valence-corrected chi connectivity index (χ0v) is 12.2. The Morgan fingerprint density at radius 2 is 2.32 bits per heavy atom. The molecule has 1 atom stereocenters. The van der Waals surface area contributed by atoms with Crippen LogP contribution < -0.4 is 10.1 Å². The Morgan fingerprint density at radius 1 is 1.53 bits per heavy atom. The summed E-state index contributed by atoms with van der Waals surface area (Å²) in [4.78, 5) is 10.8. The number of hydrogen-bond acceptors (Lipinski definition) is 4. The fourth-order valence-corrected chi connectivity index (χ4v) is 2.25. The molecule has 0 saturated heterocycles. The van der Waals surface area contributed by atoms with Crippen LogP contribution in [0, 0.1) is 0 Å². The first kappa shape index (κ1) is 15.9. The Labute approximate surface area is 118 Å². The van der Waals surface area contributed by atoms with Gasteiger partial charge < -0.3 is 15.2 Å². The lowest BCUT2D eigenvalue weighted by Gasteiger charge is -2.13. The van der Waals surface area contributed by atoms with Crippen LogP contribution in [0.15, 0.2) is 24.3 Å². The molecule has 0 saturated carbocycles. The number of hydrogen-bond donors (Lipinski definition) is 2. The van der Waals surface area contributed by atoms with Crippen LogP contribution in [-0.4, -0.2) is 41.8 Å². The summed E-state index contributed by atoms with van der Waals surface area (Å²) in [6.07, 6.45) is 0. The van der Waals surface area contributed by atoms with Crippen molar-refractivity contribution in [3.63, 3.8) is 0 Å². The van der Waals surface area contributed by atoms with Crippen LogP contribution in [0.2, 0.25) is 0 Å². The molecule has 0 aromatic heterocycles. The smallest absolute Gasteiger partial charge is 0.335 e. The van der Waals surface area contributed by atoms with E-state index in [1.54, 1.807) is 24.3 Å². The van der Waals surface area contributed by atoms with E-state index in [0.717, 1.165) is 18.1 Å². The Hall–Kier alpha value is -1.20. The standard InChI is InChI=1S/C14H21NO3S/c1-3-19-10-11(2)15-7-8-18-13-6-4-5-12(9-13)14(16)17/h4-6,9,11,15H,3,7-8,10H2,1-2H3,(H,16,17). The molecule has 2 N–H and O–H groups in total. The molecule has 0 spiro atoms. The largest absolute Gasteiger partial charge is 0.492 e. The van der Waals surface area contributed by atoms with E-state index < -0.39 is 5.97 Å². The van der Waals surface area contributed by atoms with Gasteiger partial charge in [-0.2, -0.15) is 11.8 Å². The van der Waals surface area contributed by atoms with Crippen LogP contribution in [0.25, 0.3) is 0 Å². The van der Waals surface area contributed by atoms with Gasteiger partial charge in [0.05, 0.1) is 5.56 Å². The second kappa shape index (κ2) is 8.82. The van der Waals surface area contributed by atoms with E-state index >= 15 is 0 Å². The van der Waals surface area contributed by atoms with Crippen molar-refractivity contribution in [1.82, 2.24) is 5.32 Å². The molecule has 0 aliphatic heterocycles. The number of ether oxygens (including phenoxy) is 1. The molecule has 0 radical (unpaired) electrons. The highest BCUT2D eigenvalue weighted by Gasteiger charge is 2.04. The van der Waals surface area contributed by atoms with Gasteiger partial charge in [-0.25, -0.2) is 4.79 Å². The van der Waals surface area contributed by atoms with Crippen molar-refractivity contribution < 1.29 is 14.6 Å². The quantitative estimate of drug-likeness (QED) is 0.682. The van der Waals surface area contributed by atoms with E-state index in [0.29, 0.717) is 18.4 Å². The van der Waals surface area contributed by atoms with Gasteiger partial charge in [0.1, 0.15) is 12.4 Å². The molecule has 0 fully saturated rings. The molecule has 1 aromatic rings. The van der Waals surface area contributed by atoms with Gasteiger partial charge in [-0.15, -0.1) is 0 Å². The van der Waals surface area contributed by atoms with Crippen molar-refractivity contribution in [2.45, 2.75) is 19.9 Å². The van der Waals surface area contributed by atoms with E-state index in [2.05, 4.69) is 19.2 Å². The number of aromatic carboxylic acids is 1. The van der Waals surface area contributed by atoms with E-state index in [-0.39, 0.29) is 5.56 Å². The number of nitrogens with one attached hydrogen (secondary N) is 1. The molecule has 19 heavy (non-hydrogen) atoms. The highest BCUT2D eigenvalue weighted by molar-refractivity contribution is 7.99. The summed E-state index contributed by atoms with van der Waals surface area (Å²) < 4.78 is 5.52. The number of carboxylic acid groups (broad SMARTS) is 1. The van der Waals surface area contributed by atoms with Gasteiger partial charge in [0.2, 0.25) is 0 Å². The first-order chi connectivity index (χ1) is 9.13. The summed E-state index contributed by atoms with van der Waals surface area (Å²) in [7, 11) is 0. The number of rotatable bonds is 9. The second-order valence-electron chi connectivity index (χ2n) is 4.20. The van der Waals surface area contributed by atoms with Gasteiger partial charge >= 0.3 is 5.97 Å². The molecule has 106 valence electrons. The summed E-state index contributed by atoms with van der Waals surface area (Å²) in [6.45, 7) is 5.58. The lowest BCUT2D eigenvalue weighted by atomic mass is 10.2. The average Bonchev–Trinajstić information content (AvgIpc) is 2.41. The molecular formula is C14H21NO3S. The highest BCUT2D eigenvalue weighted by atomic mass is 32.2. The SMILES string of the molecule is CCSCC(C)NCCOc1cccc(C(=O)O)c1. The number of carboxylic acids is 1. The third kappa shape index (κ3) is 6.50. The predicted molar refractivity (Wildman–Crippen MR) is 79.4 cm³/mol. The monoisotopic (exact) mass is 283 g/mol. The molecule has 1 rings (SSSR count). The summed E-state index contributed by atoms with van der Waals surface area (Å²) in [6, 6.07) is 7.00. The molecular weight excluding hydrogens is 262 g/mol. The predicted octanol–water partition coefficient (Wildman–Crippen LogP) is 2.49. The Morgan fingerprint density at radius 3 is 3.00 bits per heavy atom. The topological polar surface area (TPSA) is 58.6 Å². The summed E-state index contributed by atoms with van der Waals surface area (Å²) in [5.41, 5.74) is 0.248. The van der Waals surface area contributed by atoms with Crippen LogP contribution in [-0.2, 0) is 0 Å². The molecule has 4 nitrogen and oxygen atoms in total. The molecule has 0 heterocycles. The van der Waals surface area contributed by atoms with Crippen LogP contribution >= 0.6 is 11.8 Å². The van der Waals surface area contributed by atoms with Gasteiger partial charge in [-0.1, -0.05) is 13.0 Å². The van der Waals surface area contributed by atoms with E-state index in [4.69, 9.17) is 9.84 Å². The Balaban J connectivity index is 2.25. The molecule has 5 heteroatoms. The number of thioether (sulfide) groups is 1. The molecule has 0 bridgehead atoms. The van der Waals surface area contributed by atoms with Gasteiger partial charge in [0.25, 0.3) is 0 Å². The maximum Gasteiger partial charge on any atom is 0.335 e. The van der Waals surface area contributed by atoms with Gasteiger partial charge in [-0.3, -0.25) is 0 Å². The van der Waals surface area contributed by atoms with Crippen LogP contribution in [0.1, 0.15) is 24.2 Å². The van der Waals surface area contributed by atoms with E-state index in [9.17, 15) is 4.79 Å². The van der Waals surface area contributed by atoms with Crippen molar-refractivity contribution in [1.29, 1.82) is 0 Å². The van der Waals surface area contributed by atoms with Gasteiger partial charge in [0, 0.05) is 18.3 Å². The second-order valence-corrected chi connectivity index (χ2v) is 5.52. The minimum atomic E-state index is -0.936. The number of benzene rings is 1. The fourth-order valence-electron chi connectivity index (χ4n) is 1.55. The molecule has 0 amide bonds. The lowest BCUT2D eigenvalue weighted by Crippen LogP contribution is -2.32. The zero-order valence-electron chi connectivity index (χ0n) is 11.4.